The minimum atomic E-state index is -4.46. The SMILES string of the molecule is C.Cc1nc2c(ncn2[C@@H]2O[C@@H]3COP(O)(=S)O[C@H]4[C@@H](F)[C@H](n5cnc6c(N)ncnc65)O[C@@H]4COP(=O)(S)O[C@@H]2[C@@H]3F)c(=O)[nH]1.Cc1ncnc2c1ncn2[C@@H]1O[C@@H]2COP(O)(=S)O[C@H]3[C@@H](F)[C@H](n4cnc5c(N)ncnc54)O[C@@H]3COP(O)(=S)O[C@@H]1[C@@H]2F.Nc1nc2c(ncn2[C@@H]2O[C@@H]3COP(O)(=S)O[C@@H]4[C@H](F)[C@@H](COP(O)(=S)O[C@H]3[C@H]2F)O[C@H]4n2cnc3c(N)ncnc32)c(=O)[nH]1. The van der Waals surface area contributed by atoms with E-state index in [1.807, 2.05) is 0 Å². The van der Waals surface area contributed by atoms with Crippen LogP contribution in [0, 0.1) is 13.8 Å². The van der Waals surface area contributed by atoms with E-state index >= 15 is 26.3 Å². The molecule has 9 aliphatic rings. The van der Waals surface area contributed by atoms with Gasteiger partial charge in [-0.25, -0.2) is 106 Å². The van der Waals surface area contributed by atoms with Crippen molar-refractivity contribution in [2.24, 2.45) is 0 Å². The van der Waals surface area contributed by atoms with Crippen LogP contribution in [-0.4, -0.2) is 292 Å². The van der Waals surface area contributed by atoms with E-state index in [1.54, 1.807) is 6.92 Å². The first-order valence-corrected chi connectivity index (χ1v) is 54.5. The summed E-state index contributed by atoms with van der Waals surface area (Å²) in [6.45, 7) is -26.6. The molecule has 21 heterocycles. The fraction of sp³-hybridized carbons (Fsp3) is 0.524. The lowest BCUT2D eigenvalue weighted by Crippen LogP contribution is -2.34. The first kappa shape index (κ1) is 97.8. The van der Waals surface area contributed by atoms with Crippen molar-refractivity contribution < 1.29 is 138 Å². The summed E-state index contributed by atoms with van der Waals surface area (Å²) in [6.07, 6.45) is -26.6. The van der Waals surface area contributed by atoms with Gasteiger partial charge in [0.15, 0.2) is 137 Å². The van der Waals surface area contributed by atoms with Crippen LogP contribution in [0.2, 0.25) is 0 Å². The molecule has 0 saturated carbocycles. The number of aromatic nitrogens is 24. The molecule has 12 aromatic heterocycles. The lowest BCUT2D eigenvalue weighted by Gasteiger charge is -2.27. The predicted octanol–water partition coefficient (Wildman–Crippen LogP) is 3.15. The minimum absolute atomic E-state index is 0. The van der Waals surface area contributed by atoms with E-state index in [0.717, 1.165) is 23.5 Å². The van der Waals surface area contributed by atoms with E-state index in [9.17, 15) is 38.6 Å². The Morgan fingerprint density at radius 1 is 0.356 bits per heavy atom. The van der Waals surface area contributed by atoms with E-state index in [0.29, 0.717) is 16.9 Å². The van der Waals surface area contributed by atoms with Crippen LogP contribution >= 0.6 is 52.6 Å². The van der Waals surface area contributed by atoms with Crippen LogP contribution in [0.15, 0.2) is 72.9 Å². The zero-order valence-corrected chi connectivity index (χ0v) is 77.6. The molecule has 72 heteroatoms. The Morgan fingerprint density at radius 3 is 1.01 bits per heavy atom. The van der Waals surface area contributed by atoms with Crippen LogP contribution < -0.4 is 34.1 Å². The standard InChI is InChI=1S/C21H23F2N9O9P2S2.C21H23F2N9O8P2S2.C20H22F2N10O9P2S2.CH4/c1-7-29-18-13(19(33)30-7)28-6-32(18)21-15-10(22)8(38-21)2-36-42(34,44)40-14-9(3-37-43(35,45)41-15)39-20(11(14)23)31-5-27-12-16(24)25-4-26-17(12)31;1-8-13-18(27-4-25-8)32(6-29-13)21-16-11(22)9(37-21)2-35-41(33,43)39-15-10(3-36-42(34,44)40-16)38-20(12(15)23)31-7-30-14-17(24)26-5-28-19(14)31;21-8-6-1-36-42(34,44)40-12-7(39-18(9(12)22)32-5-28-11-16(32)29-20(24)30-17(11)33)2-37-43(35,45)41-13(8)19(38-6)31-4-27-10-14(23)25-3-26-15(10)31;/h4-6,8-11,14-15,20-21H,2-3H2,1H3,(H,34,44)(H,35,45)(H2,24,25,26)(H,29,30,33);4-7,9-12,15-16,20-21H,2-3H2,1H3,(H,33,43)(H,34,44)(H2,24,26,28);3-9,12-13,18-19H,1-2H2,(H,34,44)(H,35,45)(H2,23,25,26)(H3,24,29,30,33);1H4/t8-,9-,10-,11-,14-,15-,20-,21-,42?,43?;9-,10-,11-,12-,15-,16-,20-,21-,41?,42?;6-,7-,8-,9-,12-,13-,18-,19-,42?,43?;/m111./s1. The van der Waals surface area contributed by atoms with E-state index in [1.165, 1.54) is 74.1 Å². The van der Waals surface area contributed by atoms with Gasteiger partial charge in [-0.3, -0.25) is 73.6 Å². The number of nitrogens with one attached hydrogen (secondary N) is 2. The van der Waals surface area contributed by atoms with Crippen LogP contribution in [0.1, 0.15) is 56.3 Å². The number of aryl methyl sites for hydroxylation is 2. The van der Waals surface area contributed by atoms with Gasteiger partial charge in [0.25, 0.3) is 11.1 Å². The second-order valence-electron chi connectivity index (χ2n) is 30.3. The normalized spacial score (nSPS) is 37.6. The summed E-state index contributed by atoms with van der Waals surface area (Å²) in [7, 11) is 0. The maximum absolute atomic E-state index is 16.0. The number of H-pyrrole nitrogens is 2. The first-order valence-electron chi connectivity index (χ1n) is 38.9. The lowest BCUT2D eigenvalue weighted by molar-refractivity contribution is -0.0599. The number of imidazole rings is 6. The number of ether oxygens (including phenoxy) is 6. The Bertz CT molecular complexity index is 7020. The van der Waals surface area contributed by atoms with E-state index < -0.39 is 239 Å². The number of fused-ring (bicyclic) bond motifs is 15. The predicted molar refractivity (Wildman–Crippen MR) is 468 cm³/mol. The van der Waals surface area contributed by atoms with Gasteiger partial charge >= 0.3 is 40.4 Å². The molecule has 9 saturated heterocycles. The number of alkyl halides is 6. The number of thiol groups is 1. The van der Waals surface area contributed by atoms with E-state index in [-0.39, 0.29) is 92.5 Å². The zero-order chi connectivity index (χ0) is 94.6. The molecule has 135 heavy (non-hydrogen) atoms. The molecular weight excluding hydrogens is 2060 g/mol. The Kier molecular flexibility index (Phi) is 27.2. The van der Waals surface area contributed by atoms with Gasteiger partial charge in [-0.1, -0.05) is 19.7 Å². The summed E-state index contributed by atoms with van der Waals surface area (Å²) in [5.74, 6) is 0.133. The Hall–Kier alpha value is -7.41. The Labute approximate surface area is 779 Å². The summed E-state index contributed by atoms with van der Waals surface area (Å²) in [4.78, 5) is 149. The van der Waals surface area contributed by atoms with Crippen LogP contribution in [-0.2, 0) is 146 Å². The molecule has 6 bridgehead atoms. The van der Waals surface area contributed by atoms with Crippen molar-refractivity contribution in [1.29, 1.82) is 0 Å². The van der Waals surface area contributed by atoms with Crippen molar-refractivity contribution in [3.05, 3.63) is 95.5 Å². The minimum Gasteiger partial charge on any atom is -0.382 e. The summed E-state index contributed by atoms with van der Waals surface area (Å²) in [5, 5.41) is 0. The van der Waals surface area contributed by atoms with Gasteiger partial charge in [0.2, 0.25) is 5.95 Å². The molecular formula is C63H72F6N28O26P6S6. The topological polar surface area (TPSA) is 690 Å². The maximum atomic E-state index is 16.0. The van der Waals surface area contributed by atoms with E-state index in [2.05, 4.69) is 102 Å². The largest absolute Gasteiger partial charge is 0.386 e. The number of hydrogen-bond donors (Lipinski definition) is 12. The quantitative estimate of drug-likeness (QED) is 0.0646. The highest BCUT2D eigenvalue weighted by molar-refractivity contribution is 8.44. The molecule has 0 radical (unpaired) electrons. The van der Waals surface area contributed by atoms with Gasteiger partial charge in [0.05, 0.1) is 83.3 Å². The molecule has 728 valence electrons. The summed E-state index contributed by atoms with van der Waals surface area (Å²) >= 11 is 29.8. The number of anilines is 4. The number of nitrogens with two attached hydrogens (primary N) is 4. The van der Waals surface area contributed by atoms with Crippen molar-refractivity contribution in [2.45, 2.75) is 169 Å². The number of nitrogen functional groups attached to an aromatic ring is 4. The zero-order valence-electron chi connectivity index (χ0n) is 67.3. The molecule has 9 aliphatic heterocycles. The van der Waals surface area contributed by atoms with Gasteiger partial charge in [-0.2, -0.15) is 4.98 Å². The lowest BCUT2D eigenvalue weighted by atomic mass is 10.1. The van der Waals surface area contributed by atoms with Crippen molar-refractivity contribution in [3.63, 3.8) is 0 Å². The van der Waals surface area contributed by atoms with Crippen molar-refractivity contribution in [1.82, 2.24) is 117 Å². The summed E-state index contributed by atoms with van der Waals surface area (Å²) in [6, 6.07) is 0. The maximum Gasteiger partial charge on any atom is 0.386 e. The number of hydrogen-bond acceptors (Lipinski definition) is 46. The highest BCUT2D eigenvalue weighted by Crippen LogP contribution is 2.62. The van der Waals surface area contributed by atoms with Crippen molar-refractivity contribution >= 4 is 202 Å². The van der Waals surface area contributed by atoms with Crippen LogP contribution in [0.5, 0.6) is 0 Å². The molecule has 0 aliphatic carbocycles. The van der Waals surface area contributed by atoms with Gasteiger partial charge in [-0.05, 0) is 72.9 Å². The molecule has 0 spiro atoms. The van der Waals surface area contributed by atoms with Crippen molar-refractivity contribution in [3.8, 4) is 0 Å². The van der Waals surface area contributed by atoms with E-state index in [4.69, 9.17) is 165 Å². The monoisotopic (exact) mass is 2130 g/mol. The number of nitrogens with zero attached hydrogens (tertiary/aromatic N) is 22. The molecule has 30 atom stereocenters. The summed E-state index contributed by atoms with van der Waals surface area (Å²) in [5.41, 5.74) is 24.0. The third-order valence-electron chi connectivity index (χ3n) is 21.9. The van der Waals surface area contributed by atoms with Gasteiger partial charge in [-0.15, -0.1) is 0 Å². The van der Waals surface area contributed by atoms with Gasteiger partial charge < -0.3 is 103 Å². The second kappa shape index (κ2) is 37.6. The van der Waals surface area contributed by atoms with Gasteiger partial charge in [0.1, 0.15) is 126 Å². The molecule has 54 nitrogen and oxygen atoms in total. The highest BCUT2D eigenvalue weighted by atomic mass is 32.7. The number of halogens is 6. The van der Waals surface area contributed by atoms with Crippen LogP contribution in [0.3, 0.4) is 0 Å². The molecule has 0 amide bonds. The third-order valence-corrected chi connectivity index (χ3v) is 31.3. The van der Waals surface area contributed by atoms with Crippen molar-refractivity contribution in [2.75, 3.05) is 62.6 Å². The molecule has 6 unspecified atom stereocenters. The molecule has 21 rings (SSSR count). The number of aromatic amines is 2. The Morgan fingerprint density at radius 2 is 0.630 bits per heavy atom. The van der Waals surface area contributed by atoms with Crippen LogP contribution in [0.4, 0.5) is 49.7 Å². The molecule has 15 N–H and O–H groups in total. The second-order valence-corrected chi connectivity index (χ2v) is 47.2. The molecule has 0 aromatic carbocycles. The molecule has 9 fully saturated rings. The Balaban J connectivity index is 0.000000135. The average molecular weight is 2130 g/mol. The summed E-state index contributed by atoms with van der Waals surface area (Å²) < 4.78 is 218. The third kappa shape index (κ3) is 19.1. The fourth-order valence-electron chi connectivity index (χ4n) is 15.8. The van der Waals surface area contributed by atoms with Gasteiger partial charge in [0, 0.05) is 0 Å². The average Bonchev–Trinajstić information content (AvgIpc) is 1.62. The van der Waals surface area contributed by atoms with Crippen LogP contribution in [0.25, 0.3) is 67.0 Å². The molecule has 12 aromatic rings. The smallest absolute Gasteiger partial charge is 0.382 e. The highest BCUT2D eigenvalue weighted by Gasteiger charge is 2.59. The first-order chi connectivity index (χ1) is 63.6. The number of rotatable bonds is 6. The fourth-order valence-corrected chi connectivity index (χ4v) is 24.4.